The smallest absolute Gasteiger partial charge is 0.344 e. The van der Waals surface area contributed by atoms with Crippen LogP contribution in [0.2, 0.25) is 5.02 Å². The summed E-state index contributed by atoms with van der Waals surface area (Å²) in [6.45, 7) is 9.60. The molecule has 0 radical (unpaired) electrons. The molecule has 0 spiro atoms. The molecule has 0 bridgehead atoms. The van der Waals surface area contributed by atoms with Gasteiger partial charge in [-0.25, -0.2) is 9.78 Å². The third-order valence-corrected chi connectivity index (χ3v) is 6.76. The number of fused-ring (bicyclic) bond motifs is 1. The van der Waals surface area contributed by atoms with E-state index in [0.717, 1.165) is 27.6 Å². The van der Waals surface area contributed by atoms with Crippen LogP contribution in [-0.2, 0) is 4.79 Å². The van der Waals surface area contributed by atoms with Crippen LogP contribution >= 0.6 is 11.6 Å². The molecule has 0 aliphatic heterocycles. The summed E-state index contributed by atoms with van der Waals surface area (Å²) in [6.07, 6.45) is -0.128. The van der Waals surface area contributed by atoms with Crippen molar-refractivity contribution in [2.45, 2.75) is 46.6 Å². The van der Waals surface area contributed by atoms with Gasteiger partial charge >= 0.3 is 11.7 Å². The number of rotatable bonds is 10. The summed E-state index contributed by atoms with van der Waals surface area (Å²) in [5.41, 5.74) is 2.07. The summed E-state index contributed by atoms with van der Waals surface area (Å²) in [5.74, 6) is -0.568. The molecule has 0 saturated heterocycles. The largest absolute Gasteiger partial charge is 0.494 e. The molecule has 0 aliphatic carbocycles. The molecule has 1 atom stereocenters. The number of nitrogens with zero attached hydrogens (tertiary/aromatic N) is 4. The van der Waals surface area contributed by atoms with Gasteiger partial charge in [-0.3, -0.25) is 14.9 Å². The van der Waals surface area contributed by atoms with Gasteiger partial charge in [-0.15, -0.1) is 0 Å². The number of hydrogen-bond acceptors (Lipinski definition) is 8. The van der Waals surface area contributed by atoms with Crippen molar-refractivity contribution in [2.24, 2.45) is 5.10 Å². The van der Waals surface area contributed by atoms with Crippen molar-refractivity contribution in [3.05, 3.63) is 90.7 Å². The third kappa shape index (κ3) is 6.10. The van der Waals surface area contributed by atoms with E-state index in [0.29, 0.717) is 23.1 Å². The molecule has 4 aromatic rings. The van der Waals surface area contributed by atoms with Crippen LogP contribution in [0, 0.1) is 17.0 Å². The number of aromatic nitrogens is 2. The van der Waals surface area contributed by atoms with Crippen LogP contribution in [0.5, 0.6) is 11.5 Å². The van der Waals surface area contributed by atoms with E-state index < -0.39 is 28.2 Å². The first-order valence-corrected chi connectivity index (χ1v) is 13.5. The van der Waals surface area contributed by atoms with Crippen LogP contribution in [0.1, 0.15) is 50.3 Å². The molecule has 0 saturated carbocycles. The lowest BCUT2D eigenvalue weighted by atomic mass is 9.96. The number of nitro groups is 1. The number of halogens is 1. The van der Waals surface area contributed by atoms with Gasteiger partial charge in [-0.2, -0.15) is 9.78 Å². The van der Waals surface area contributed by atoms with E-state index in [-0.39, 0.29) is 28.1 Å². The fourth-order valence-corrected chi connectivity index (χ4v) is 4.62. The fraction of sp³-hybridized carbons (Fsp3) is 0.267. The molecule has 0 amide bonds. The second-order valence-electron chi connectivity index (χ2n) is 9.81. The van der Waals surface area contributed by atoms with Crippen molar-refractivity contribution < 1.29 is 24.3 Å². The number of benzene rings is 3. The molecular weight excluding hydrogens is 564 g/mol. The molecule has 0 unspecified atom stereocenters. The molecule has 1 N–H and O–H groups in total. The molecule has 1 heterocycles. The summed E-state index contributed by atoms with van der Waals surface area (Å²) < 4.78 is 12.2. The van der Waals surface area contributed by atoms with Crippen molar-refractivity contribution in [1.29, 1.82) is 0 Å². The average molecular weight is 593 g/mol. The van der Waals surface area contributed by atoms with Gasteiger partial charge in [0.2, 0.25) is 5.75 Å². The number of hydrogen-bond donors (Lipinski definition) is 1. The summed E-state index contributed by atoms with van der Waals surface area (Å²) in [6, 6.07) is 13.2. The van der Waals surface area contributed by atoms with Gasteiger partial charge in [-0.1, -0.05) is 37.6 Å². The highest BCUT2D eigenvalue weighted by atomic mass is 35.5. The molecule has 218 valence electrons. The second-order valence-corrected chi connectivity index (χ2v) is 10.2. The molecule has 42 heavy (non-hydrogen) atoms. The minimum absolute atomic E-state index is 0.113. The number of aliphatic carboxylic acids is 1. The Bertz CT molecular complexity index is 1780. The summed E-state index contributed by atoms with van der Waals surface area (Å²) in [4.78, 5) is 40.8. The fourth-order valence-electron chi connectivity index (χ4n) is 4.35. The molecule has 0 aliphatic rings. The number of aryl methyl sites for hydroxylation is 1. The Morgan fingerprint density at radius 1 is 1.21 bits per heavy atom. The maximum Gasteiger partial charge on any atom is 0.344 e. The zero-order valence-corrected chi connectivity index (χ0v) is 24.4. The maximum atomic E-state index is 13.7. The minimum Gasteiger partial charge on any atom is -0.494 e. The van der Waals surface area contributed by atoms with Crippen molar-refractivity contribution in [2.75, 3.05) is 6.61 Å². The highest BCUT2D eigenvalue weighted by Crippen LogP contribution is 2.37. The van der Waals surface area contributed by atoms with Gasteiger partial charge in [0.15, 0.2) is 11.9 Å². The SMILES string of the molecule is CCOc1cc(C)c(-c2nc3ccccc3c(=O)n2N=Cc2cc(Cl)c(O[C@@H](C)C(=O)O)c([N+](=O)[O-])c2)cc1C(C)C. The van der Waals surface area contributed by atoms with E-state index in [4.69, 9.17) is 31.2 Å². The number of nitro benzene ring substituents is 1. The maximum absolute atomic E-state index is 13.7. The van der Waals surface area contributed by atoms with E-state index >= 15 is 0 Å². The van der Waals surface area contributed by atoms with Crippen LogP contribution < -0.4 is 15.0 Å². The Balaban J connectivity index is 1.92. The zero-order valence-electron chi connectivity index (χ0n) is 23.6. The predicted molar refractivity (Wildman–Crippen MR) is 160 cm³/mol. The van der Waals surface area contributed by atoms with Crippen LogP contribution in [-0.4, -0.2) is 44.6 Å². The molecule has 4 rings (SSSR count). The Kier molecular flexibility index (Phi) is 8.91. The number of ether oxygens (including phenoxy) is 2. The van der Waals surface area contributed by atoms with E-state index in [1.807, 2.05) is 39.8 Å². The highest BCUT2D eigenvalue weighted by molar-refractivity contribution is 6.32. The highest BCUT2D eigenvalue weighted by Gasteiger charge is 2.25. The van der Waals surface area contributed by atoms with Gasteiger partial charge in [0.25, 0.3) is 5.56 Å². The molecule has 0 fully saturated rings. The van der Waals surface area contributed by atoms with Crippen LogP contribution in [0.25, 0.3) is 22.3 Å². The second kappa shape index (κ2) is 12.4. The molecular formula is C30H29ClN4O7. The van der Waals surface area contributed by atoms with Crippen molar-refractivity contribution in [1.82, 2.24) is 9.66 Å². The number of para-hydroxylation sites is 1. The van der Waals surface area contributed by atoms with Gasteiger partial charge in [0.1, 0.15) is 5.75 Å². The molecule has 3 aromatic carbocycles. The monoisotopic (exact) mass is 592 g/mol. The lowest BCUT2D eigenvalue weighted by Gasteiger charge is -2.18. The third-order valence-electron chi connectivity index (χ3n) is 6.48. The van der Waals surface area contributed by atoms with Crippen LogP contribution in [0.15, 0.2) is 58.4 Å². The molecule has 11 nitrogen and oxygen atoms in total. The van der Waals surface area contributed by atoms with Crippen LogP contribution in [0.4, 0.5) is 5.69 Å². The first-order chi connectivity index (χ1) is 19.9. The lowest BCUT2D eigenvalue weighted by Crippen LogP contribution is -2.23. The Hall–Kier alpha value is -4.77. The number of carbonyl (C=O) groups is 1. The van der Waals surface area contributed by atoms with Gasteiger partial charge < -0.3 is 14.6 Å². The van der Waals surface area contributed by atoms with Gasteiger partial charge in [0, 0.05) is 17.2 Å². The lowest BCUT2D eigenvalue weighted by molar-refractivity contribution is -0.386. The zero-order chi connectivity index (χ0) is 30.7. The van der Waals surface area contributed by atoms with E-state index in [1.54, 1.807) is 24.3 Å². The van der Waals surface area contributed by atoms with E-state index in [2.05, 4.69) is 5.10 Å². The van der Waals surface area contributed by atoms with Gasteiger partial charge in [-0.05, 0) is 68.1 Å². The summed E-state index contributed by atoms with van der Waals surface area (Å²) in [5, 5.41) is 25.5. The Morgan fingerprint density at radius 2 is 1.93 bits per heavy atom. The quantitative estimate of drug-likeness (QED) is 0.130. The first kappa shape index (κ1) is 30.2. The first-order valence-electron chi connectivity index (χ1n) is 13.1. The van der Waals surface area contributed by atoms with E-state index in [1.165, 1.54) is 19.2 Å². The average Bonchev–Trinajstić information content (AvgIpc) is 2.93. The molecule has 1 aromatic heterocycles. The topological polar surface area (TPSA) is 146 Å². The Morgan fingerprint density at radius 3 is 2.57 bits per heavy atom. The Labute approximate surface area is 246 Å². The van der Waals surface area contributed by atoms with Crippen molar-refractivity contribution in [3.63, 3.8) is 0 Å². The van der Waals surface area contributed by atoms with Crippen molar-refractivity contribution in [3.8, 4) is 22.9 Å². The number of carboxylic acids is 1. The standard InChI is InChI=1S/C30H29ClN4O7/c1-6-41-26-11-17(4)22(14-21(26)16(2)3)28-33-24-10-8-7-9-20(24)29(36)34(28)32-15-19-12-23(31)27(25(13-19)35(39)40)42-18(5)30(37)38/h7-16,18H,6H2,1-5H3,(H,37,38)/t18-/m0/s1. The minimum atomic E-state index is -1.38. The van der Waals surface area contributed by atoms with Crippen molar-refractivity contribution >= 4 is 40.4 Å². The predicted octanol–water partition coefficient (Wildman–Crippen LogP) is 6.19. The number of carboxylic acid groups (broad SMARTS) is 1. The van der Waals surface area contributed by atoms with Gasteiger partial charge in [0.05, 0.1) is 33.7 Å². The summed E-state index contributed by atoms with van der Waals surface area (Å²) >= 11 is 6.28. The van der Waals surface area contributed by atoms with Crippen LogP contribution in [0.3, 0.4) is 0 Å². The normalized spacial score (nSPS) is 12.2. The molecule has 12 heteroatoms. The summed E-state index contributed by atoms with van der Waals surface area (Å²) in [7, 11) is 0. The van der Waals surface area contributed by atoms with E-state index in [9.17, 15) is 19.7 Å².